The van der Waals surface area contributed by atoms with Gasteiger partial charge >= 0.3 is 0 Å². The summed E-state index contributed by atoms with van der Waals surface area (Å²) in [5.41, 5.74) is 4.41. The fourth-order valence-electron chi connectivity index (χ4n) is 6.82. The van der Waals surface area contributed by atoms with Crippen LogP contribution in [0.3, 0.4) is 0 Å². The molecule has 0 amide bonds. The summed E-state index contributed by atoms with van der Waals surface area (Å²) in [4.78, 5) is 9.29. The van der Waals surface area contributed by atoms with Gasteiger partial charge in [0, 0.05) is 57.7 Å². The largest absolute Gasteiger partial charge is 0.457 e. The number of nitrogens with zero attached hydrogens (tertiary/aromatic N) is 8. The van der Waals surface area contributed by atoms with Crippen LogP contribution < -0.4 is 9.47 Å². The van der Waals surface area contributed by atoms with Crippen molar-refractivity contribution in [1.82, 2.24) is 39.5 Å². The summed E-state index contributed by atoms with van der Waals surface area (Å²) in [5.74, 6) is 3.38. The van der Waals surface area contributed by atoms with Gasteiger partial charge in [-0.25, -0.2) is 9.97 Å². The van der Waals surface area contributed by atoms with E-state index in [9.17, 15) is 1.37 Å². The molecule has 0 bridgehead atoms. The highest BCUT2D eigenvalue weighted by molar-refractivity contribution is 6.10. The average molecular weight is 676 g/mol. The van der Waals surface area contributed by atoms with E-state index < -0.39 is 0 Å². The minimum Gasteiger partial charge on any atom is -0.457 e. The minimum atomic E-state index is 0.0429. The van der Waals surface area contributed by atoms with Crippen molar-refractivity contribution in [2.45, 2.75) is 0 Å². The molecule has 52 heavy (non-hydrogen) atoms. The fraction of sp³-hybridized carbons (Fsp3) is 0. The summed E-state index contributed by atoms with van der Waals surface area (Å²) in [6, 6.07) is 43.3. The Balaban J connectivity index is 1.09. The maximum atomic E-state index is 9.31. The van der Waals surface area contributed by atoms with Crippen LogP contribution in [0, 0.1) is 0 Å². The van der Waals surface area contributed by atoms with E-state index in [1.807, 2.05) is 97.1 Å². The minimum absolute atomic E-state index is 0.0429. The van der Waals surface area contributed by atoms with Crippen molar-refractivity contribution >= 4 is 43.6 Å². The van der Waals surface area contributed by atoms with Gasteiger partial charge in [-0.05, 0) is 72.8 Å². The molecule has 246 valence electrons. The van der Waals surface area contributed by atoms with E-state index in [0.29, 0.717) is 17.1 Å². The Labute approximate surface area is 297 Å². The maximum Gasteiger partial charge on any atom is 0.203 e. The van der Waals surface area contributed by atoms with Crippen LogP contribution in [0.1, 0.15) is 1.37 Å². The van der Waals surface area contributed by atoms with E-state index >= 15 is 0 Å². The smallest absolute Gasteiger partial charge is 0.203 e. The Morgan fingerprint density at radius 3 is 1.44 bits per heavy atom. The molecule has 0 unspecified atom stereocenters. The van der Waals surface area contributed by atoms with Crippen LogP contribution in [0.4, 0.5) is 0 Å². The summed E-state index contributed by atoms with van der Waals surface area (Å²) >= 11 is 0. The number of rotatable bonds is 7. The molecule has 0 aliphatic rings. The van der Waals surface area contributed by atoms with E-state index in [-0.39, 0.29) is 23.4 Å². The van der Waals surface area contributed by atoms with Crippen LogP contribution in [0.5, 0.6) is 23.0 Å². The van der Waals surface area contributed by atoms with Gasteiger partial charge in [-0.2, -0.15) is 0 Å². The predicted molar refractivity (Wildman–Crippen MR) is 200 cm³/mol. The lowest BCUT2D eigenvalue weighted by Gasteiger charge is -2.13. The van der Waals surface area contributed by atoms with Crippen LogP contribution in [0.2, 0.25) is 0 Å². The SMILES string of the molecule is [2H]c1c(Oc2ccc3c4ccccc4n(-c4ccccn4)c3c2)cc(-c2nncnn2)cc1Oc1ccc2c3ccccc3n(-c3ccccn3)c2c1. The molecule has 0 atom stereocenters. The monoisotopic (exact) mass is 675 g/mol. The fourth-order valence-corrected chi connectivity index (χ4v) is 6.82. The molecule has 0 aliphatic carbocycles. The van der Waals surface area contributed by atoms with Crippen LogP contribution in [0.25, 0.3) is 66.6 Å². The first-order chi connectivity index (χ1) is 26.2. The second-order valence-electron chi connectivity index (χ2n) is 12.1. The summed E-state index contributed by atoms with van der Waals surface area (Å²) in [6.45, 7) is 0. The van der Waals surface area contributed by atoms with Crippen molar-refractivity contribution in [1.29, 1.82) is 0 Å². The molecule has 10 aromatic rings. The first-order valence-corrected chi connectivity index (χ1v) is 16.6. The van der Waals surface area contributed by atoms with E-state index in [1.54, 1.807) is 24.5 Å². The Morgan fingerprint density at radius 1 is 0.462 bits per heavy atom. The van der Waals surface area contributed by atoms with Crippen LogP contribution in [-0.2, 0) is 0 Å². The highest BCUT2D eigenvalue weighted by Crippen LogP contribution is 2.39. The van der Waals surface area contributed by atoms with Gasteiger partial charge in [0.15, 0.2) is 6.33 Å². The predicted octanol–water partition coefficient (Wildman–Crippen LogP) is 9.50. The number of pyridine rings is 2. The quantitative estimate of drug-likeness (QED) is 0.165. The molecular formula is C42H26N8O2. The number of fused-ring (bicyclic) bond motifs is 6. The second-order valence-corrected chi connectivity index (χ2v) is 12.1. The number of benzene rings is 5. The van der Waals surface area contributed by atoms with Crippen molar-refractivity contribution in [3.8, 4) is 46.0 Å². The van der Waals surface area contributed by atoms with Crippen LogP contribution in [-0.4, -0.2) is 39.5 Å². The lowest BCUT2D eigenvalue weighted by molar-refractivity contribution is 0.461. The third kappa shape index (κ3) is 5.05. The standard InChI is InChI=1S/C42H26N8O2/c1-3-11-36-32(9-1)34-17-15-28(24-38(34)49(36)40-13-5-7-19-43-40)51-30-21-27(42-47-45-26-46-48-42)22-31(23-30)52-29-16-18-35-33-10-2-4-12-37(33)50(39(35)25-29)41-14-6-8-20-44-41/h1-26H/i23D. The molecule has 10 heteroatoms. The van der Waals surface area contributed by atoms with Crippen molar-refractivity contribution in [3.63, 3.8) is 0 Å². The normalized spacial score (nSPS) is 11.7. The lowest BCUT2D eigenvalue weighted by atomic mass is 10.1. The first-order valence-electron chi connectivity index (χ1n) is 17.1. The number of hydrogen-bond acceptors (Lipinski definition) is 8. The molecule has 5 aromatic heterocycles. The van der Waals surface area contributed by atoms with Gasteiger partial charge in [-0.15, -0.1) is 20.4 Å². The van der Waals surface area contributed by atoms with E-state index in [1.165, 1.54) is 6.33 Å². The highest BCUT2D eigenvalue weighted by Gasteiger charge is 2.17. The van der Waals surface area contributed by atoms with Gasteiger partial charge < -0.3 is 9.47 Å². The Kier molecular flexibility index (Phi) is 6.63. The topological polar surface area (TPSA) is 106 Å². The summed E-state index contributed by atoms with van der Waals surface area (Å²) in [6.07, 6.45) is 4.82. The Hall–Kier alpha value is -7.46. The van der Waals surface area contributed by atoms with Crippen molar-refractivity contribution in [2.75, 3.05) is 0 Å². The number of ether oxygens (including phenoxy) is 2. The lowest BCUT2D eigenvalue weighted by Crippen LogP contribution is -1.97. The van der Waals surface area contributed by atoms with Crippen molar-refractivity contribution in [3.05, 3.63) is 158 Å². The maximum absolute atomic E-state index is 9.31. The van der Waals surface area contributed by atoms with E-state index in [4.69, 9.17) is 9.47 Å². The average Bonchev–Trinajstić information content (AvgIpc) is 3.72. The molecule has 5 aromatic carbocycles. The molecule has 0 saturated heterocycles. The van der Waals surface area contributed by atoms with Crippen molar-refractivity contribution in [2.24, 2.45) is 0 Å². The molecule has 10 rings (SSSR count). The molecule has 0 aliphatic heterocycles. The van der Waals surface area contributed by atoms with E-state index in [0.717, 1.165) is 55.2 Å². The van der Waals surface area contributed by atoms with Gasteiger partial charge in [0.1, 0.15) is 34.6 Å². The second kappa shape index (κ2) is 12.1. The zero-order valence-corrected chi connectivity index (χ0v) is 27.3. The van der Waals surface area contributed by atoms with Gasteiger partial charge in [-0.3, -0.25) is 9.13 Å². The van der Waals surface area contributed by atoms with Gasteiger partial charge in [0.25, 0.3) is 0 Å². The van der Waals surface area contributed by atoms with Gasteiger partial charge in [0.05, 0.1) is 23.4 Å². The van der Waals surface area contributed by atoms with Crippen LogP contribution in [0.15, 0.2) is 158 Å². The molecule has 0 saturated carbocycles. The summed E-state index contributed by atoms with van der Waals surface area (Å²) < 4.78 is 26.6. The third-order valence-electron chi connectivity index (χ3n) is 8.99. The number of para-hydroxylation sites is 2. The molecular weight excluding hydrogens is 649 g/mol. The molecule has 0 N–H and O–H groups in total. The molecule has 5 heterocycles. The highest BCUT2D eigenvalue weighted by atomic mass is 16.5. The van der Waals surface area contributed by atoms with Crippen LogP contribution >= 0.6 is 0 Å². The first kappa shape index (κ1) is 28.4. The summed E-state index contributed by atoms with van der Waals surface area (Å²) in [7, 11) is 0. The molecule has 0 radical (unpaired) electrons. The zero-order chi connectivity index (χ0) is 35.3. The van der Waals surface area contributed by atoms with E-state index in [2.05, 4.69) is 63.8 Å². The molecule has 10 nitrogen and oxygen atoms in total. The Morgan fingerprint density at radius 2 is 0.942 bits per heavy atom. The number of aromatic nitrogens is 8. The zero-order valence-electron chi connectivity index (χ0n) is 28.3. The third-order valence-corrected chi connectivity index (χ3v) is 8.99. The summed E-state index contributed by atoms with van der Waals surface area (Å²) in [5, 5.41) is 20.5. The molecule has 0 spiro atoms. The Bertz CT molecular complexity index is 2790. The van der Waals surface area contributed by atoms with Gasteiger partial charge in [-0.1, -0.05) is 48.5 Å². The molecule has 0 fully saturated rings. The van der Waals surface area contributed by atoms with Crippen molar-refractivity contribution < 1.29 is 10.8 Å². The number of hydrogen-bond donors (Lipinski definition) is 0. The van der Waals surface area contributed by atoms with Gasteiger partial charge in [0.2, 0.25) is 5.82 Å².